The van der Waals surface area contributed by atoms with Gasteiger partial charge in [-0.25, -0.2) is 0 Å². The Morgan fingerprint density at radius 1 is 1.20 bits per heavy atom. The molecule has 2 fully saturated rings. The molecule has 1 saturated heterocycles. The van der Waals surface area contributed by atoms with Crippen LogP contribution in [0.25, 0.3) is 0 Å². The number of nitrogens with one attached hydrogen (secondary N) is 1. The highest BCUT2D eigenvalue weighted by atomic mass is 16.5. The third-order valence-corrected chi connectivity index (χ3v) is 5.51. The molecule has 1 saturated carbocycles. The van der Waals surface area contributed by atoms with Crippen molar-refractivity contribution in [1.82, 2.24) is 15.5 Å². The monoisotopic (exact) mass is 277 g/mol. The third-order valence-electron chi connectivity index (χ3n) is 5.51. The highest BCUT2D eigenvalue weighted by molar-refractivity contribution is 5.09. The Morgan fingerprint density at radius 2 is 1.90 bits per heavy atom. The predicted molar refractivity (Wildman–Crippen MR) is 78.7 cm³/mol. The smallest absolute Gasteiger partial charge is 0.232 e. The van der Waals surface area contributed by atoms with Crippen molar-refractivity contribution in [2.45, 2.75) is 70.1 Å². The van der Waals surface area contributed by atoms with Gasteiger partial charge in [-0.05, 0) is 51.1 Å². The van der Waals surface area contributed by atoms with Gasteiger partial charge in [-0.2, -0.15) is 4.98 Å². The number of rotatable bonds is 3. The van der Waals surface area contributed by atoms with Crippen LogP contribution in [0.15, 0.2) is 4.52 Å². The lowest BCUT2D eigenvalue weighted by Gasteiger charge is -2.33. The van der Waals surface area contributed by atoms with Crippen LogP contribution in [0.2, 0.25) is 0 Å². The number of hydrogen-bond donors (Lipinski definition) is 1. The molecule has 0 atom stereocenters. The van der Waals surface area contributed by atoms with Gasteiger partial charge in [0.1, 0.15) is 0 Å². The summed E-state index contributed by atoms with van der Waals surface area (Å²) >= 11 is 0. The second-order valence-corrected chi connectivity index (χ2v) is 6.80. The van der Waals surface area contributed by atoms with Crippen molar-refractivity contribution in [3.05, 3.63) is 11.7 Å². The molecule has 1 aliphatic heterocycles. The van der Waals surface area contributed by atoms with Gasteiger partial charge in [-0.15, -0.1) is 0 Å². The lowest BCUT2D eigenvalue weighted by molar-refractivity contribution is 0.215. The van der Waals surface area contributed by atoms with Crippen LogP contribution in [0.1, 0.15) is 76.4 Å². The van der Waals surface area contributed by atoms with E-state index in [0.29, 0.717) is 5.92 Å². The number of aromatic nitrogens is 2. The Balaban J connectivity index is 1.75. The van der Waals surface area contributed by atoms with E-state index in [1.807, 2.05) is 0 Å². The van der Waals surface area contributed by atoms with Gasteiger partial charge >= 0.3 is 0 Å². The van der Waals surface area contributed by atoms with Crippen LogP contribution in [0.3, 0.4) is 0 Å². The fourth-order valence-electron chi connectivity index (χ4n) is 3.76. The summed E-state index contributed by atoms with van der Waals surface area (Å²) in [5.41, 5.74) is 0.123. The van der Waals surface area contributed by atoms with Crippen molar-refractivity contribution in [2.24, 2.45) is 5.92 Å². The summed E-state index contributed by atoms with van der Waals surface area (Å²) in [5.74, 6) is 3.26. The van der Waals surface area contributed by atoms with Crippen LogP contribution >= 0.6 is 0 Å². The second kappa shape index (κ2) is 5.84. The molecular formula is C16H27N3O. The van der Waals surface area contributed by atoms with Gasteiger partial charge in [0.05, 0.1) is 5.41 Å². The largest absolute Gasteiger partial charge is 0.339 e. The Hall–Kier alpha value is -0.900. The average molecular weight is 277 g/mol. The molecule has 0 bridgehead atoms. The molecule has 4 nitrogen and oxygen atoms in total. The van der Waals surface area contributed by atoms with Crippen molar-refractivity contribution in [1.29, 1.82) is 0 Å². The third kappa shape index (κ3) is 2.62. The van der Waals surface area contributed by atoms with Gasteiger partial charge in [0, 0.05) is 5.92 Å². The summed E-state index contributed by atoms with van der Waals surface area (Å²) in [6.45, 7) is 6.72. The summed E-state index contributed by atoms with van der Waals surface area (Å²) in [5, 5.41) is 7.76. The van der Waals surface area contributed by atoms with Gasteiger partial charge < -0.3 is 9.84 Å². The quantitative estimate of drug-likeness (QED) is 0.920. The van der Waals surface area contributed by atoms with E-state index in [2.05, 4.69) is 24.3 Å². The Labute approximate surface area is 121 Å². The second-order valence-electron chi connectivity index (χ2n) is 6.80. The predicted octanol–water partition coefficient (Wildman–Crippen LogP) is 3.39. The van der Waals surface area contributed by atoms with E-state index in [-0.39, 0.29) is 5.41 Å². The minimum Gasteiger partial charge on any atom is -0.339 e. The van der Waals surface area contributed by atoms with Crippen molar-refractivity contribution in [3.8, 4) is 0 Å². The lowest BCUT2D eigenvalue weighted by atomic mass is 9.76. The van der Waals surface area contributed by atoms with E-state index in [1.165, 1.54) is 25.7 Å². The molecular weight excluding hydrogens is 250 g/mol. The highest BCUT2D eigenvalue weighted by Gasteiger charge is 2.38. The van der Waals surface area contributed by atoms with Crippen molar-refractivity contribution in [3.63, 3.8) is 0 Å². The number of piperidine rings is 1. The topological polar surface area (TPSA) is 51.0 Å². The first-order chi connectivity index (χ1) is 9.73. The standard InChI is InChI=1S/C16H27N3O/c1-3-16(8-10-17-11-9-16)15-18-14(19-20-15)13-6-4-12(2)5-7-13/h12-13,17H,3-11H2,1-2H3. The Bertz CT molecular complexity index is 429. The van der Waals surface area contributed by atoms with Gasteiger partial charge in [0.15, 0.2) is 5.82 Å². The molecule has 3 rings (SSSR count). The average Bonchev–Trinajstić information content (AvgIpc) is 2.99. The van der Waals surface area contributed by atoms with Crippen LogP contribution in [0.4, 0.5) is 0 Å². The lowest BCUT2D eigenvalue weighted by Crippen LogP contribution is -2.39. The first-order valence-electron chi connectivity index (χ1n) is 8.28. The van der Waals surface area contributed by atoms with E-state index in [1.54, 1.807) is 0 Å². The molecule has 0 aromatic carbocycles. The molecule has 2 aliphatic rings. The van der Waals surface area contributed by atoms with Crippen LogP contribution in [-0.4, -0.2) is 23.2 Å². The molecule has 4 heteroatoms. The van der Waals surface area contributed by atoms with Crippen LogP contribution < -0.4 is 5.32 Å². The summed E-state index contributed by atoms with van der Waals surface area (Å²) in [4.78, 5) is 4.82. The molecule has 1 N–H and O–H groups in total. The van der Waals surface area contributed by atoms with Gasteiger partial charge in [0.25, 0.3) is 0 Å². The molecule has 0 spiro atoms. The molecule has 1 aliphatic carbocycles. The molecule has 1 aromatic rings. The maximum absolute atomic E-state index is 5.69. The Kier molecular flexibility index (Phi) is 4.11. The first-order valence-corrected chi connectivity index (χ1v) is 8.28. The molecule has 1 aromatic heterocycles. The molecule has 0 amide bonds. The van der Waals surface area contributed by atoms with Gasteiger partial charge in [-0.1, -0.05) is 31.8 Å². The van der Waals surface area contributed by atoms with Gasteiger partial charge in [-0.3, -0.25) is 0 Å². The minimum atomic E-state index is 0.123. The van der Waals surface area contributed by atoms with Crippen LogP contribution in [-0.2, 0) is 5.41 Å². The fourth-order valence-corrected chi connectivity index (χ4v) is 3.76. The van der Waals surface area contributed by atoms with Crippen molar-refractivity contribution < 1.29 is 4.52 Å². The molecule has 20 heavy (non-hydrogen) atoms. The van der Waals surface area contributed by atoms with Gasteiger partial charge in [0.2, 0.25) is 5.89 Å². The van der Waals surface area contributed by atoms with E-state index in [9.17, 15) is 0 Å². The number of nitrogens with zero attached hydrogens (tertiary/aromatic N) is 2. The zero-order valence-corrected chi connectivity index (χ0v) is 12.8. The normalized spacial score (nSPS) is 30.3. The highest BCUT2D eigenvalue weighted by Crippen LogP contribution is 2.38. The van der Waals surface area contributed by atoms with Crippen LogP contribution in [0.5, 0.6) is 0 Å². The van der Waals surface area contributed by atoms with E-state index in [0.717, 1.165) is 50.0 Å². The first kappa shape index (κ1) is 14.1. The zero-order chi connectivity index (χ0) is 14.0. The zero-order valence-electron chi connectivity index (χ0n) is 12.8. The Morgan fingerprint density at radius 3 is 2.55 bits per heavy atom. The summed E-state index contributed by atoms with van der Waals surface area (Å²) < 4.78 is 5.69. The maximum atomic E-state index is 5.69. The number of hydrogen-bond acceptors (Lipinski definition) is 4. The van der Waals surface area contributed by atoms with Crippen molar-refractivity contribution >= 4 is 0 Å². The van der Waals surface area contributed by atoms with Crippen LogP contribution in [0, 0.1) is 5.92 Å². The summed E-state index contributed by atoms with van der Waals surface area (Å²) in [7, 11) is 0. The summed E-state index contributed by atoms with van der Waals surface area (Å²) in [6.07, 6.45) is 8.38. The SMILES string of the molecule is CCC1(c2nc(C3CCC(C)CC3)no2)CCNCC1. The fraction of sp³-hybridized carbons (Fsp3) is 0.875. The minimum absolute atomic E-state index is 0.123. The van der Waals surface area contributed by atoms with E-state index in [4.69, 9.17) is 9.51 Å². The summed E-state index contributed by atoms with van der Waals surface area (Å²) in [6, 6.07) is 0. The molecule has 112 valence electrons. The molecule has 0 unspecified atom stereocenters. The maximum Gasteiger partial charge on any atom is 0.232 e. The van der Waals surface area contributed by atoms with E-state index >= 15 is 0 Å². The van der Waals surface area contributed by atoms with Crippen molar-refractivity contribution in [2.75, 3.05) is 13.1 Å². The molecule has 2 heterocycles. The van der Waals surface area contributed by atoms with E-state index < -0.39 is 0 Å². The molecule has 0 radical (unpaired) electrons.